The number of hydrogen-bond acceptors (Lipinski definition) is 3. The second-order valence-corrected chi connectivity index (χ2v) is 6.45. The summed E-state index contributed by atoms with van der Waals surface area (Å²) < 4.78 is 0. The number of carbonyl (C=O) groups is 1. The lowest BCUT2D eigenvalue weighted by molar-refractivity contribution is -0.121. The van der Waals surface area contributed by atoms with Crippen molar-refractivity contribution in [3.63, 3.8) is 0 Å². The van der Waals surface area contributed by atoms with Gasteiger partial charge in [-0.2, -0.15) is 0 Å². The molecule has 1 saturated heterocycles. The summed E-state index contributed by atoms with van der Waals surface area (Å²) in [6.45, 7) is 10.2. The van der Waals surface area contributed by atoms with Gasteiger partial charge in [0.1, 0.15) is 0 Å². The van der Waals surface area contributed by atoms with Gasteiger partial charge in [-0.25, -0.2) is 0 Å². The largest absolute Gasteiger partial charge is 0.369 e. The molecular weight excluding hydrogens is 274 g/mol. The Kier molecular flexibility index (Phi) is 6.72. The molecule has 1 aromatic rings. The summed E-state index contributed by atoms with van der Waals surface area (Å²) in [6.07, 6.45) is 1.67. The van der Waals surface area contributed by atoms with Crippen LogP contribution in [-0.4, -0.2) is 50.1 Å². The zero-order valence-corrected chi connectivity index (χ0v) is 13.9. The fraction of sp³-hybridized carbons (Fsp3) is 0.611. The van der Waals surface area contributed by atoms with Gasteiger partial charge >= 0.3 is 0 Å². The van der Waals surface area contributed by atoms with E-state index in [1.165, 1.54) is 5.69 Å². The Morgan fingerprint density at radius 3 is 2.45 bits per heavy atom. The summed E-state index contributed by atoms with van der Waals surface area (Å²) in [5, 5.41) is 3.01. The first kappa shape index (κ1) is 16.8. The van der Waals surface area contributed by atoms with E-state index in [0.29, 0.717) is 12.3 Å². The van der Waals surface area contributed by atoms with E-state index in [1.807, 2.05) is 0 Å². The molecule has 0 saturated carbocycles. The lowest BCUT2D eigenvalue weighted by Crippen LogP contribution is -2.47. The number of para-hydroxylation sites is 1. The highest BCUT2D eigenvalue weighted by Crippen LogP contribution is 2.15. The molecule has 1 amide bonds. The first-order chi connectivity index (χ1) is 10.6. The molecule has 1 aliphatic heterocycles. The van der Waals surface area contributed by atoms with E-state index in [2.05, 4.69) is 59.3 Å². The zero-order valence-electron chi connectivity index (χ0n) is 13.9. The highest BCUT2D eigenvalue weighted by molar-refractivity contribution is 5.76. The molecule has 1 aromatic carbocycles. The zero-order chi connectivity index (χ0) is 15.8. The van der Waals surface area contributed by atoms with Crippen LogP contribution in [0.2, 0.25) is 0 Å². The Morgan fingerprint density at radius 1 is 1.14 bits per heavy atom. The normalized spacial score (nSPS) is 16.0. The van der Waals surface area contributed by atoms with Gasteiger partial charge in [-0.1, -0.05) is 32.0 Å². The quantitative estimate of drug-likeness (QED) is 0.840. The maximum Gasteiger partial charge on any atom is 0.221 e. The fourth-order valence-electron chi connectivity index (χ4n) is 2.72. The molecule has 22 heavy (non-hydrogen) atoms. The average molecular weight is 303 g/mol. The van der Waals surface area contributed by atoms with Gasteiger partial charge in [-0.15, -0.1) is 0 Å². The van der Waals surface area contributed by atoms with E-state index in [9.17, 15) is 4.79 Å². The van der Waals surface area contributed by atoms with Gasteiger partial charge in [-0.3, -0.25) is 9.69 Å². The third-order valence-corrected chi connectivity index (χ3v) is 4.19. The molecule has 0 radical (unpaired) electrons. The van der Waals surface area contributed by atoms with E-state index >= 15 is 0 Å². The van der Waals surface area contributed by atoms with Gasteiger partial charge < -0.3 is 10.2 Å². The Hall–Kier alpha value is -1.55. The minimum absolute atomic E-state index is 0.186. The van der Waals surface area contributed by atoms with Crippen LogP contribution in [0.5, 0.6) is 0 Å². The van der Waals surface area contributed by atoms with Crippen LogP contribution in [-0.2, 0) is 4.79 Å². The number of amides is 1. The lowest BCUT2D eigenvalue weighted by Gasteiger charge is -2.36. The van der Waals surface area contributed by atoms with Gasteiger partial charge in [0.15, 0.2) is 0 Å². The summed E-state index contributed by atoms with van der Waals surface area (Å²) in [4.78, 5) is 16.6. The Labute approximate surface area is 134 Å². The molecule has 0 spiro atoms. The molecule has 1 N–H and O–H groups in total. The van der Waals surface area contributed by atoms with Crippen LogP contribution in [0.1, 0.15) is 26.7 Å². The lowest BCUT2D eigenvalue weighted by atomic mass is 10.1. The van der Waals surface area contributed by atoms with E-state index in [1.54, 1.807) is 0 Å². The van der Waals surface area contributed by atoms with Crippen molar-refractivity contribution in [2.75, 3.05) is 44.2 Å². The van der Waals surface area contributed by atoms with Crippen molar-refractivity contribution >= 4 is 11.6 Å². The second kappa shape index (κ2) is 8.79. The van der Waals surface area contributed by atoms with Crippen LogP contribution in [0, 0.1) is 5.92 Å². The molecule has 4 nitrogen and oxygen atoms in total. The minimum atomic E-state index is 0.186. The third kappa shape index (κ3) is 5.68. The van der Waals surface area contributed by atoms with Crippen molar-refractivity contribution in [1.29, 1.82) is 0 Å². The van der Waals surface area contributed by atoms with Crippen LogP contribution in [0.4, 0.5) is 5.69 Å². The van der Waals surface area contributed by atoms with Gasteiger partial charge in [-0.05, 0) is 24.5 Å². The van der Waals surface area contributed by atoms with Crippen molar-refractivity contribution < 1.29 is 4.79 Å². The summed E-state index contributed by atoms with van der Waals surface area (Å²) in [6, 6.07) is 10.6. The molecule has 122 valence electrons. The molecule has 0 aromatic heterocycles. The highest BCUT2D eigenvalue weighted by Gasteiger charge is 2.17. The molecule has 0 aliphatic carbocycles. The molecular formula is C18H29N3O. The van der Waals surface area contributed by atoms with Crippen LogP contribution in [0.3, 0.4) is 0 Å². The maximum absolute atomic E-state index is 11.8. The van der Waals surface area contributed by atoms with Crippen LogP contribution in [0.25, 0.3) is 0 Å². The summed E-state index contributed by atoms with van der Waals surface area (Å²) in [5.41, 5.74) is 1.30. The highest BCUT2D eigenvalue weighted by atomic mass is 16.1. The molecule has 0 bridgehead atoms. The third-order valence-electron chi connectivity index (χ3n) is 4.19. The Balaban J connectivity index is 1.62. The van der Waals surface area contributed by atoms with E-state index < -0.39 is 0 Å². The average Bonchev–Trinajstić information content (AvgIpc) is 2.54. The van der Waals surface area contributed by atoms with Gasteiger partial charge in [0.05, 0.1) is 0 Å². The molecule has 1 fully saturated rings. The van der Waals surface area contributed by atoms with E-state index in [0.717, 1.165) is 45.7 Å². The summed E-state index contributed by atoms with van der Waals surface area (Å²) in [7, 11) is 0. The number of anilines is 1. The molecule has 0 atom stereocenters. The topological polar surface area (TPSA) is 35.6 Å². The van der Waals surface area contributed by atoms with Crippen molar-refractivity contribution in [3.05, 3.63) is 30.3 Å². The van der Waals surface area contributed by atoms with Crippen molar-refractivity contribution in [2.45, 2.75) is 26.7 Å². The first-order valence-electron chi connectivity index (χ1n) is 8.44. The minimum Gasteiger partial charge on any atom is -0.369 e. The predicted octanol–water partition coefficient (Wildman–Crippen LogP) is 2.36. The maximum atomic E-state index is 11.8. The van der Waals surface area contributed by atoms with Crippen LogP contribution < -0.4 is 10.2 Å². The number of benzene rings is 1. The number of nitrogens with zero attached hydrogens (tertiary/aromatic N) is 2. The number of hydrogen-bond donors (Lipinski definition) is 1. The molecule has 0 unspecified atom stereocenters. The Morgan fingerprint density at radius 2 is 1.82 bits per heavy atom. The molecule has 2 rings (SSSR count). The van der Waals surface area contributed by atoms with Crippen LogP contribution in [0.15, 0.2) is 30.3 Å². The van der Waals surface area contributed by atoms with Crippen molar-refractivity contribution in [2.24, 2.45) is 5.92 Å². The van der Waals surface area contributed by atoms with Gasteiger partial charge in [0.2, 0.25) is 5.91 Å². The standard InChI is InChI=1S/C18H29N3O/c1-16(2)8-10-19-18(22)9-11-20-12-14-21(15-13-20)17-6-4-3-5-7-17/h3-7,16H,8-15H2,1-2H3,(H,19,22). The SMILES string of the molecule is CC(C)CCNC(=O)CCN1CCN(c2ccccc2)CC1. The van der Waals surface area contributed by atoms with Gasteiger partial charge in [0.25, 0.3) is 0 Å². The predicted molar refractivity (Wildman–Crippen MR) is 92.2 cm³/mol. The number of piperazine rings is 1. The number of carbonyl (C=O) groups excluding carboxylic acids is 1. The molecule has 1 heterocycles. The Bertz CT molecular complexity index is 439. The molecule has 1 aliphatic rings. The van der Waals surface area contributed by atoms with Crippen molar-refractivity contribution in [3.8, 4) is 0 Å². The number of nitrogens with one attached hydrogen (secondary N) is 1. The molecule has 4 heteroatoms. The number of rotatable bonds is 7. The summed E-state index contributed by atoms with van der Waals surface area (Å²) in [5.74, 6) is 0.831. The van der Waals surface area contributed by atoms with Crippen molar-refractivity contribution in [1.82, 2.24) is 10.2 Å². The van der Waals surface area contributed by atoms with E-state index in [-0.39, 0.29) is 5.91 Å². The summed E-state index contributed by atoms with van der Waals surface area (Å²) >= 11 is 0. The first-order valence-corrected chi connectivity index (χ1v) is 8.44. The van der Waals surface area contributed by atoms with Gasteiger partial charge in [0, 0.05) is 51.4 Å². The van der Waals surface area contributed by atoms with E-state index in [4.69, 9.17) is 0 Å². The smallest absolute Gasteiger partial charge is 0.221 e. The van der Waals surface area contributed by atoms with Crippen LogP contribution >= 0.6 is 0 Å². The monoisotopic (exact) mass is 303 g/mol. The fourth-order valence-corrected chi connectivity index (χ4v) is 2.72. The second-order valence-electron chi connectivity index (χ2n) is 6.45.